The van der Waals surface area contributed by atoms with Gasteiger partial charge in [0.15, 0.2) is 0 Å². The van der Waals surface area contributed by atoms with Gasteiger partial charge in [0.25, 0.3) is 5.91 Å². The number of amides is 1. The fraction of sp³-hybridized carbons (Fsp3) is 0.227. The molecule has 0 radical (unpaired) electrons. The molecular formula is C22H22N8OS2. The van der Waals surface area contributed by atoms with Crippen molar-refractivity contribution in [3.8, 4) is 11.3 Å². The molecule has 168 valence electrons. The number of benzene rings is 1. The minimum atomic E-state index is -0.244. The second-order valence-electron chi connectivity index (χ2n) is 7.47. The van der Waals surface area contributed by atoms with Gasteiger partial charge in [-0.15, -0.1) is 12.6 Å². The molecule has 9 nitrogen and oxygen atoms in total. The summed E-state index contributed by atoms with van der Waals surface area (Å²) in [7, 11) is 1.58. The number of para-hydroxylation sites is 1. The third-order valence-electron chi connectivity index (χ3n) is 5.20. The van der Waals surface area contributed by atoms with E-state index in [0.29, 0.717) is 50.2 Å². The predicted octanol–water partition coefficient (Wildman–Crippen LogP) is 3.71. The standard InChI is InChI=1S/C22H22N8OS2/c1-11(13-5-4-6-14-18(13)27-10-28-19(14)20(31)23-3)8-24-16-7-15(25-9-26-16)17-21(32)29-12(2)30-22(17)33/h4-7,9-11H,8H2,1-3H3,(H,23,31)(H,24,25,26)(H2,29,30,32,33)/t11-/m1/s1. The van der Waals surface area contributed by atoms with Crippen LogP contribution in [0.15, 0.2) is 41.9 Å². The summed E-state index contributed by atoms with van der Waals surface area (Å²) in [4.78, 5) is 36.8. The minimum absolute atomic E-state index is 0.0730. The van der Waals surface area contributed by atoms with Crippen molar-refractivity contribution in [1.29, 1.82) is 0 Å². The van der Waals surface area contributed by atoms with Crippen molar-refractivity contribution in [2.24, 2.45) is 0 Å². The van der Waals surface area contributed by atoms with Gasteiger partial charge < -0.3 is 15.6 Å². The maximum Gasteiger partial charge on any atom is 0.270 e. The van der Waals surface area contributed by atoms with Crippen molar-refractivity contribution < 1.29 is 4.79 Å². The van der Waals surface area contributed by atoms with Crippen LogP contribution in [0.1, 0.15) is 34.7 Å². The van der Waals surface area contributed by atoms with Crippen molar-refractivity contribution in [1.82, 2.24) is 35.2 Å². The molecular weight excluding hydrogens is 456 g/mol. The van der Waals surface area contributed by atoms with Crippen molar-refractivity contribution in [2.45, 2.75) is 24.8 Å². The quantitative estimate of drug-likeness (QED) is 0.188. The van der Waals surface area contributed by atoms with Gasteiger partial charge in [-0.05, 0) is 12.5 Å². The minimum Gasteiger partial charge on any atom is -0.369 e. The Kier molecular flexibility index (Phi) is 6.61. The molecule has 0 saturated carbocycles. The molecule has 0 aliphatic carbocycles. The molecule has 3 heterocycles. The van der Waals surface area contributed by atoms with Crippen LogP contribution in [0.3, 0.4) is 0 Å². The third-order valence-corrected chi connectivity index (χ3v) is 5.83. The molecule has 0 bridgehead atoms. The highest BCUT2D eigenvalue weighted by molar-refractivity contribution is 7.80. The zero-order valence-electron chi connectivity index (χ0n) is 18.2. The van der Waals surface area contributed by atoms with E-state index in [9.17, 15) is 4.79 Å². The molecule has 33 heavy (non-hydrogen) atoms. The van der Waals surface area contributed by atoms with E-state index in [0.717, 1.165) is 11.1 Å². The number of fused-ring (bicyclic) bond motifs is 1. The van der Waals surface area contributed by atoms with E-state index in [1.807, 2.05) is 31.2 Å². The SMILES string of the molecule is CNC(=O)c1ncnc2c([C@H](C)CNc3cc(-c4c(S)nc(C)[nH]c4=S)ncn3)cccc12. The van der Waals surface area contributed by atoms with Crippen LogP contribution in [0.2, 0.25) is 0 Å². The number of hydrogen-bond acceptors (Lipinski definition) is 9. The lowest BCUT2D eigenvalue weighted by Crippen LogP contribution is -2.20. The van der Waals surface area contributed by atoms with Crippen LogP contribution in [-0.2, 0) is 0 Å². The van der Waals surface area contributed by atoms with Crippen LogP contribution in [0.4, 0.5) is 5.82 Å². The second kappa shape index (κ2) is 9.59. The first-order valence-corrected chi connectivity index (χ1v) is 11.1. The predicted molar refractivity (Wildman–Crippen MR) is 132 cm³/mol. The Balaban J connectivity index is 1.59. The molecule has 3 aromatic heterocycles. The zero-order chi connectivity index (χ0) is 23.5. The fourth-order valence-corrected chi connectivity index (χ4v) is 4.37. The van der Waals surface area contributed by atoms with Crippen molar-refractivity contribution >= 4 is 47.5 Å². The number of anilines is 1. The smallest absolute Gasteiger partial charge is 0.270 e. The summed E-state index contributed by atoms with van der Waals surface area (Å²) in [6.07, 6.45) is 2.90. The van der Waals surface area contributed by atoms with Crippen LogP contribution in [0.5, 0.6) is 0 Å². The molecule has 3 N–H and O–H groups in total. The molecule has 0 spiro atoms. The molecule has 0 aliphatic rings. The Hall–Kier alpha value is -3.44. The number of aromatic amines is 1. The molecule has 0 saturated heterocycles. The Morgan fingerprint density at radius 2 is 2.00 bits per heavy atom. The average Bonchev–Trinajstić information content (AvgIpc) is 2.81. The first-order chi connectivity index (χ1) is 15.9. The van der Waals surface area contributed by atoms with Gasteiger partial charge in [0, 0.05) is 31.0 Å². The van der Waals surface area contributed by atoms with Gasteiger partial charge in [0.05, 0.1) is 16.8 Å². The normalized spacial score (nSPS) is 11.9. The number of nitrogens with one attached hydrogen (secondary N) is 3. The Morgan fingerprint density at radius 1 is 1.21 bits per heavy atom. The van der Waals surface area contributed by atoms with E-state index in [4.69, 9.17) is 12.2 Å². The van der Waals surface area contributed by atoms with Crippen LogP contribution in [0, 0.1) is 11.6 Å². The van der Waals surface area contributed by atoms with Gasteiger partial charge in [-0.3, -0.25) is 4.79 Å². The number of rotatable bonds is 6. The van der Waals surface area contributed by atoms with Crippen molar-refractivity contribution in [2.75, 3.05) is 18.9 Å². The number of H-pyrrole nitrogens is 1. The van der Waals surface area contributed by atoms with Crippen LogP contribution < -0.4 is 10.6 Å². The van der Waals surface area contributed by atoms with Crippen LogP contribution in [-0.4, -0.2) is 49.4 Å². The summed E-state index contributed by atoms with van der Waals surface area (Å²) in [6, 6.07) is 7.59. The molecule has 1 atom stereocenters. The Morgan fingerprint density at radius 3 is 2.76 bits per heavy atom. The molecule has 4 rings (SSSR count). The number of carbonyl (C=O) groups excluding carboxylic acids is 1. The van der Waals surface area contributed by atoms with Gasteiger partial charge in [-0.2, -0.15) is 0 Å². The monoisotopic (exact) mass is 478 g/mol. The van der Waals surface area contributed by atoms with Gasteiger partial charge in [0.2, 0.25) is 0 Å². The highest BCUT2D eigenvalue weighted by Crippen LogP contribution is 2.27. The number of thiol groups is 1. The zero-order valence-corrected chi connectivity index (χ0v) is 20.0. The Labute approximate surface area is 201 Å². The van der Waals surface area contributed by atoms with Gasteiger partial charge >= 0.3 is 0 Å². The fourth-order valence-electron chi connectivity index (χ4n) is 3.57. The summed E-state index contributed by atoms with van der Waals surface area (Å²) in [6.45, 7) is 4.49. The largest absolute Gasteiger partial charge is 0.369 e. The molecule has 0 fully saturated rings. The van der Waals surface area contributed by atoms with Gasteiger partial charge in [-0.1, -0.05) is 37.3 Å². The number of nitrogens with zero attached hydrogens (tertiary/aromatic N) is 5. The van der Waals surface area contributed by atoms with E-state index in [-0.39, 0.29) is 11.8 Å². The van der Waals surface area contributed by atoms with E-state index >= 15 is 0 Å². The first kappa shape index (κ1) is 22.7. The number of carbonyl (C=O) groups is 1. The molecule has 4 aromatic rings. The maximum atomic E-state index is 12.2. The third kappa shape index (κ3) is 4.69. The number of aromatic nitrogens is 6. The topological polar surface area (TPSA) is 121 Å². The highest BCUT2D eigenvalue weighted by Gasteiger charge is 2.16. The summed E-state index contributed by atoms with van der Waals surface area (Å²) >= 11 is 9.90. The molecule has 1 aromatic carbocycles. The second-order valence-corrected chi connectivity index (χ2v) is 8.30. The van der Waals surface area contributed by atoms with Gasteiger partial charge in [0.1, 0.15) is 39.7 Å². The number of aryl methyl sites for hydroxylation is 1. The lowest BCUT2D eigenvalue weighted by atomic mass is 9.97. The summed E-state index contributed by atoms with van der Waals surface area (Å²) in [5.74, 6) is 1.17. The average molecular weight is 479 g/mol. The van der Waals surface area contributed by atoms with Crippen molar-refractivity contribution in [3.63, 3.8) is 0 Å². The lowest BCUT2D eigenvalue weighted by Gasteiger charge is -2.16. The van der Waals surface area contributed by atoms with Crippen LogP contribution >= 0.6 is 24.8 Å². The van der Waals surface area contributed by atoms with Crippen molar-refractivity contribution in [3.05, 3.63) is 58.6 Å². The van der Waals surface area contributed by atoms with E-state index < -0.39 is 0 Å². The van der Waals surface area contributed by atoms with Gasteiger partial charge in [-0.25, -0.2) is 24.9 Å². The van der Waals surface area contributed by atoms with Crippen LogP contribution in [0.25, 0.3) is 22.2 Å². The summed E-state index contributed by atoms with van der Waals surface area (Å²) in [5.41, 5.74) is 3.40. The van der Waals surface area contributed by atoms with E-state index in [1.165, 1.54) is 12.7 Å². The summed E-state index contributed by atoms with van der Waals surface area (Å²) < 4.78 is 0.521. The summed E-state index contributed by atoms with van der Waals surface area (Å²) in [5, 5.41) is 7.20. The molecule has 11 heteroatoms. The first-order valence-electron chi connectivity index (χ1n) is 10.2. The highest BCUT2D eigenvalue weighted by atomic mass is 32.1. The molecule has 0 aliphatic heterocycles. The number of hydrogen-bond donors (Lipinski definition) is 4. The Bertz CT molecular complexity index is 1410. The van der Waals surface area contributed by atoms with E-state index in [2.05, 4.69) is 60.1 Å². The molecule has 0 unspecified atom stereocenters. The molecule has 1 amide bonds. The van der Waals surface area contributed by atoms with E-state index in [1.54, 1.807) is 7.05 Å². The maximum absolute atomic E-state index is 12.2. The lowest BCUT2D eigenvalue weighted by molar-refractivity contribution is 0.0960.